The zero-order valence-electron chi connectivity index (χ0n) is 16.1. The molecule has 0 spiro atoms. The van der Waals surface area contributed by atoms with E-state index < -0.39 is 5.56 Å². The Morgan fingerprint density at radius 2 is 1.87 bits per heavy atom. The highest BCUT2D eigenvalue weighted by Gasteiger charge is 2.13. The number of fused-ring (bicyclic) bond motifs is 1. The number of hydrogen-bond donors (Lipinski definition) is 0. The fourth-order valence-corrected chi connectivity index (χ4v) is 4.07. The van der Waals surface area contributed by atoms with Gasteiger partial charge < -0.3 is 9.47 Å². The van der Waals surface area contributed by atoms with Gasteiger partial charge >= 0.3 is 0 Å². The van der Waals surface area contributed by atoms with Gasteiger partial charge in [0.1, 0.15) is 5.69 Å². The number of thiazole rings is 1. The summed E-state index contributed by atoms with van der Waals surface area (Å²) < 4.78 is 12.1. The molecule has 0 aliphatic carbocycles. The van der Waals surface area contributed by atoms with Gasteiger partial charge in [0.25, 0.3) is 11.1 Å². The van der Waals surface area contributed by atoms with Crippen molar-refractivity contribution < 1.29 is 9.47 Å². The third-order valence-corrected chi connectivity index (χ3v) is 5.80. The molecule has 152 valence electrons. The average molecular weight is 442 g/mol. The molecular formula is C21H16ClN3O4S. The second-order valence-corrected chi connectivity index (χ2v) is 7.77. The van der Waals surface area contributed by atoms with E-state index in [1.807, 2.05) is 6.07 Å². The maximum atomic E-state index is 12.8. The molecule has 0 atom stereocenters. The van der Waals surface area contributed by atoms with E-state index in [2.05, 4.69) is 10.1 Å². The SMILES string of the molecule is COc1ccc(/C=c2\sc3nc(=O)c(Cc4ccccc4Cl)nn3c2=O)cc1OC. The Hall–Kier alpha value is -3.23. The van der Waals surface area contributed by atoms with E-state index in [-0.39, 0.29) is 22.6 Å². The number of rotatable bonds is 5. The van der Waals surface area contributed by atoms with Gasteiger partial charge in [-0.25, -0.2) is 0 Å². The van der Waals surface area contributed by atoms with Crippen LogP contribution in [0.1, 0.15) is 16.8 Å². The van der Waals surface area contributed by atoms with E-state index in [0.717, 1.165) is 27.0 Å². The van der Waals surface area contributed by atoms with Crippen LogP contribution in [0.5, 0.6) is 11.5 Å². The van der Waals surface area contributed by atoms with E-state index in [9.17, 15) is 9.59 Å². The molecule has 0 N–H and O–H groups in total. The maximum Gasteiger partial charge on any atom is 0.296 e. The molecule has 30 heavy (non-hydrogen) atoms. The normalized spacial score (nSPS) is 11.8. The summed E-state index contributed by atoms with van der Waals surface area (Å²) in [6.45, 7) is 0. The van der Waals surface area contributed by atoms with Gasteiger partial charge in [-0.05, 0) is 35.4 Å². The minimum absolute atomic E-state index is 0.160. The lowest BCUT2D eigenvalue weighted by atomic mass is 10.1. The molecule has 0 radical (unpaired) electrons. The predicted molar refractivity (Wildman–Crippen MR) is 116 cm³/mol. The number of aromatic nitrogens is 3. The first kappa shape index (κ1) is 20.1. The Kier molecular flexibility index (Phi) is 5.52. The molecular weight excluding hydrogens is 426 g/mol. The molecule has 0 saturated heterocycles. The molecule has 0 fully saturated rings. The largest absolute Gasteiger partial charge is 0.493 e. The fourth-order valence-electron chi connectivity index (χ4n) is 2.97. The molecule has 2 heterocycles. The van der Waals surface area contributed by atoms with Crippen molar-refractivity contribution in [1.82, 2.24) is 14.6 Å². The first-order valence-electron chi connectivity index (χ1n) is 8.90. The minimum atomic E-state index is -0.478. The van der Waals surface area contributed by atoms with Gasteiger partial charge in [-0.2, -0.15) is 14.6 Å². The van der Waals surface area contributed by atoms with Crippen molar-refractivity contribution in [2.45, 2.75) is 6.42 Å². The van der Waals surface area contributed by atoms with Crippen molar-refractivity contribution >= 4 is 34.0 Å². The van der Waals surface area contributed by atoms with Crippen LogP contribution in [0.2, 0.25) is 5.02 Å². The van der Waals surface area contributed by atoms with Gasteiger partial charge in [-0.1, -0.05) is 47.2 Å². The summed E-state index contributed by atoms with van der Waals surface area (Å²) in [6.07, 6.45) is 1.89. The Bertz CT molecular complexity index is 1410. The second kappa shape index (κ2) is 8.25. The quantitative estimate of drug-likeness (QED) is 0.472. The van der Waals surface area contributed by atoms with E-state index in [4.69, 9.17) is 21.1 Å². The van der Waals surface area contributed by atoms with Crippen LogP contribution in [0.3, 0.4) is 0 Å². The molecule has 0 saturated carbocycles. The molecule has 0 unspecified atom stereocenters. The number of benzene rings is 2. The second-order valence-electron chi connectivity index (χ2n) is 6.36. The first-order valence-corrected chi connectivity index (χ1v) is 10.1. The molecule has 0 bridgehead atoms. The molecule has 0 amide bonds. The first-order chi connectivity index (χ1) is 14.5. The highest BCUT2D eigenvalue weighted by molar-refractivity contribution is 7.15. The molecule has 9 heteroatoms. The summed E-state index contributed by atoms with van der Waals surface area (Å²) in [5, 5.41) is 4.78. The maximum absolute atomic E-state index is 12.8. The van der Waals surface area contributed by atoms with Crippen LogP contribution in [0.25, 0.3) is 11.0 Å². The summed E-state index contributed by atoms with van der Waals surface area (Å²) in [4.78, 5) is 29.5. The number of nitrogens with zero attached hydrogens (tertiary/aromatic N) is 3. The van der Waals surface area contributed by atoms with Crippen LogP contribution < -0.4 is 25.1 Å². The van der Waals surface area contributed by atoms with Crippen molar-refractivity contribution in [2.24, 2.45) is 0 Å². The Balaban J connectivity index is 1.80. The van der Waals surface area contributed by atoms with Gasteiger partial charge in [-0.3, -0.25) is 9.59 Å². The topological polar surface area (TPSA) is 82.8 Å². The summed E-state index contributed by atoms with van der Waals surface area (Å²) in [6, 6.07) is 12.5. The number of ether oxygens (including phenoxy) is 2. The molecule has 0 aliphatic rings. The Labute approximate surface area is 179 Å². The number of methoxy groups -OCH3 is 2. The molecule has 2 aromatic heterocycles. The van der Waals surface area contributed by atoms with Crippen LogP contribution in [0, 0.1) is 0 Å². The van der Waals surface area contributed by atoms with Crippen molar-refractivity contribution in [3.63, 3.8) is 0 Å². The lowest BCUT2D eigenvalue weighted by Crippen LogP contribution is -2.28. The predicted octanol–water partition coefficient (Wildman–Crippen LogP) is 2.32. The Morgan fingerprint density at radius 1 is 1.10 bits per heavy atom. The average Bonchev–Trinajstić information content (AvgIpc) is 3.04. The Morgan fingerprint density at radius 3 is 2.60 bits per heavy atom. The monoisotopic (exact) mass is 441 g/mol. The van der Waals surface area contributed by atoms with Crippen molar-refractivity contribution in [2.75, 3.05) is 14.2 Å². The van der Waals surface area contributed by atoms with E-state index in [1.54, 1.807) is 56.7 Å². The summed E-state index contributed by atoms with van der Waals surface area (Å²) in [5.74, 6) is 1.14. The summed E-state index contributed by atoms with van der Waals surface area (Å²) >= 11 is 7.27. The van der Waals surface area contributed by atoms with E-state index in [0.29, 0.717) is 21.1 Å². The van der Waals surface area contributed by atoms with Crippen LogP contribution >= 0.6 is 22.9 Å². The summed E-state index contributed by atoms with van der Waals surface area (Å²) in [7, 11) is 3.10. The summed E-state index contributed by atoms with van der Waals surface area (Å²) in [5.41, 5.74) is 0.820. The standard InChI is InChI=1S/C21H16ClN3O4S/c1-28-16-8-7-12(9-17(16)29-2)10-18-20(27)25-21(30-18)23-19(26)15(24-25)11-13-5-3-4-6-14(13)22/h3-10H,11H2,1-2H3/b18-10-. The third kappa shape index (κ3) is 3.79. The highest BCUT2D eigenvalue weighted by atomic mass is 35.5. The van der Waals surface area contributed by atoms with Crippen LogP contribution in [0.4, 0.5) is 0 Å². The molecule has 0 aliphatic heterocycles. The number of hydrogen-bond acceptors (Lipinski definition) is 7. The zero-order chi connectivity index (χ0) is 21.3. The number of halogens is 1. The van der Waals surface area contributed by atoms with Gasteiger partial charge in [0.2, 0.25) is 4.96 Å². The van der Waals surface area contributed by atoms with Crippen molar-refractivity contribution in [1.29, 1.82) is 0 Å². The van der Waals surface area contributed by atoms with Crippen LogP contribution in [-0.4, -0.2) is 28.8 Å². The van der Waals surface area contributed by atoms with E-state index >= 15 is 0 Å². The molecule has 4 aromatic rings. The van der Waals surface area contributed by atoms with E-state index in [1.165, 1.54) is 0 Å². The lowest BCUT2D eigenvalue weighted by Gasteiger charge is -2.07. The highest BCUT2D eigenvalue weighted by Crippen LogP contribution is 2.27. The molecule has 7 nitrogen and oxygen atoms in total. The fraction of sp³-hybridized carbons (Fsp3) is 0.143. The van der Waals surface area contributed by atoms with Crippen LogP contribution in [-0.2, 0) is 6.42 Å². The van der Waals surface area contributed by atoms with Crippen molar-refractivity contribution in [3.8, 4) is 11.5 Å². The molecule has 2 aromatic carbocycles. The van der Waals surface area contributed by atoms with Gasteiger partial charge in [0.05, 0.1) is 18.8 Å². The van der Waals surface area contributed by atoms with Gasteiger partial charge in [-0.15, -0.1) is 0 Å². The van der Waals surface area contributed by atoms with Crippen molar-refractivity contribution in [3.05, 3.63) is 89.5 Å². The third-order valence-electron chi connectivity index (χ3n) is 4.47. The zero-order valence-corrected chi connectivity index (χ0v) is 17.7. The molecule has 4 rings (SSSR count). The van der Waals surface area contributed by atoms with Crippen LogP contribution in [0.15, 0.2) is 52.1 Å². The van der Waals surface area contributed by atoms with Gasteiger partial charge in [0, 0.05) is 11.4 Å². The smallest absolute Gasteiger partial charge is 0.296 e. The minimum Gasteiger partial charge on any atom is -0.493 e. The van der Waals surface area contributed by atoms with Gasteiger partial charge in [0.15, 0.2) is 11.5 Å². The lowest BCUT2D eigenvalue weighted by molar-refractivity contribution is 0.355.